The summed E-state index contributed by atoms with van der Waals surface area (Å²) >= 11 is 0. The SMILES string of the molecule is CNC(=O)C(=O)NCCCCc1ccccc1CCCOCC(=O)Nc1ccccc1. The second kappa shape index (κ2) is 13.9. The highest BCUT2D eigenvalue weighted by Gasteiger charge is 2.09. The molecule has 0 aliphatic rings. The van der Waals surface area contributed by atoms with Crippen molar-refractivity contribution in [1.82, 2.24) is 10.6 Å². The van der Waals surface area contributed by atoms with Crippen molar-refractivity contribution in [3.63, 3.8) is 0 Å². The summed E-state index contributed by atoms with van der Waals surface area (Å²) in [6.07, 6.45) is 4.34. The Labute approximate surface area is 183 Å². The minimum absolute atomic E-state index is 0.0400. The van der Waals surface area contributed by atoms with Crippen molar-refractivity contribution in [2.24, 2.45) is 0 Å². The Morgan fingerprint density at radius 1 is 0.806 bits per heavy atom. The van der Waals surface area contributed by atoms with Crippen LogP contribution in [-0.4, -0.2) is 44.5 Å². The topological polar surface area (TPSA) is 96.5 Å². The fourth-order valence-corrected chi connectivity index (χ4v) is 3.13. The number of benzene rings is 2. The molecule has 31 heavy (non-hydrogen) atoms. The molecule has 2 aromatic rings. The summed E-state index contributed by atoms with van der Waals surface area (Å²) < 4.78 is 5.51. The molecule has 7 nitrogen and oxygen atoms in total. The molecular formula is C24H31N3O4. The van der Waals surface area contributed by atoms with Crippen molar-refractivity contribution in [3.8, 4) is 0 Å². The molecule has 166 valence electrons. The molecule has 7 heteroatoms. The van der Waals surface area contributed by atoms with Crippen LogP contribution in [-0.2, 0) is 32.0 Å². The van der Waals surface area contributed by atoms with E-state index in [9.17, 15) is 14.4 Å². The number of likely N-dealkylation sites (N-methyl/N-ethyl adjacent to an activating group) is 1. The molecule has 0 saturated carbocycles. The van der Waals surface area contributed by atoms with E-state index in [0.717, 1.165) is 37.8 Å². The van der Waals surface area contributed by atoms with Gasteiger partial charge in [0.1, 0.15) is 6.61 Å². The van der Waals surface area contributed by atoms with Gasteiger partial charge in [0.15, 0.2) is 0 Å². The summed E-state index contributed by atoms with van der Waals surface area (Å²) in [6.45, 7) is 1.04. The van der Waals surface area contributed by atoms with E-state index in [1.807, 2.05) is 42.5 Å². The molecule has 0 unspecified atom stereocenters. The van der Waals surface area contributed by atoms with Crippen molar-refractivity contribution >= 4 is 23.4 Å². The van der Waals surface area contributed by atoms with Crippen LogP contribution in [0.4, 0.5) is 5.69 Å². The lowest BCUT2D eigenvalue weighted by molar-refractivity contribution is -0.138. The molecule has 0 saturated heterocycles. The zero-order chi connectivity index (χ0) is 22.3. The molecule has 0 radical (unpaired) electrons. The number of rotatable bonds is 12. The zero-order valence-electron chi connectivity index (χ0n) is 18.0. The van der Waals surface area contributed by atoms with Gasteiger partial charge in [0, 0.05) is 25.9 Å². The highest BCUT2D eigenvalue weighted by molar-refractivity contribution is 6.34. The third kappa shape index (κ3) is 9.44. The van der Waals surface area contributed by atoms with E-state index < -0.39 is 11.8 Å². The van der Waals surface area contributed by atoms with Gasteiger partial charge in [-0.05, 0) is 55.4 Å². The first-order valence-electron chi connectivity index (χ1n) is 10.6. The first kappa shape index (κ1) is 24.1. The number of para-hydroxylation sites is 1. The monoisotopic (exact) mass is 425 g/mol. The Bertz CT molecular complexity index is 840. The Morgan fingerprint density at radius 2 is 1.45 bits per heavy atom. The van der Waals surface area contributed by atoms with Gasteiger partial charge in [-0.25, -0.2) is 0 Å². The fourth-order valence-electron chi connectivity index (χ4n) is 3.13. The van der Waals surface area contributed by atoms with E-state index in [2.05, 4.69) is 28.1 Å². The number of hydrogen-bond acceptors (Lipinski definition) is 4. The predicted octanol–water partition coefficient (Wildman–Crippen LogP) is 2.46. The molecular weight excluding hydrogens is 394 g/mol. The summed E-state index contributed by atoms with van der Waals surface area (Å²) in [5.74, 6) is -1.37. The highest BCUT2D eigenvalue weighted by atomic mass is 16.5. The number of hydrogen-bond donors (Lipinski definition) is 3. The van der Waals surface area contributed by atoms with Gasteiger partial charge in [-0.2, -0.15) is 0 Å². The number of carbonyl (C=O) groups excluding carboxylic acids is 3. The van der Waals surface area contributed by atoms with Crippen LogP contribution in [0.2, 0.25) is 0 Å². The molecule has 3 N–H and O–H groups in total. The van der Waals surface area contributed by atoms with Crippen LogP contribution in [0.3, 0.4) is 0 Å². The largest absolute Gasteiger partial charge is 0.372 e. The van der Waals surface area contributed by atoms with Crippen LogP contribution < -0.4 is 16.0 Å². The smallest absolute Gasteiger partial charge is 0.309 e. The number of amides is 3. The lowest BCUT2D eigenvalue weighted by Crippen LogP contribution is -2.38. The molecule has 0 heterocycles. The van der Waals surface area contributed by atoms with Crippen LogP contribution in [0.25, 0.3) is 0 Å². The van der Waals surface area contributed by atoms with Gasteiger partial charge in [-0.3, -0.25) is 14.4 Å². The van der Waals surface area contributed by atoms with Gasteiger partial charge in [0.25, 0.3) is 0 Å². The molecule has 0 bridgehead atoms. The molecule has 3 amide bonds. The highest BCUT2D eigenvalue weighted by Crippen LogP contribution is 2.14. The number of nitrogens with one attached hydrogen (secondary N) is 3. The first-order valence-corrected chi connectivity index (χ1v) is 10.6. The maximum absolute atomic E-state index is 11.9. The molecule has 2 aromatic carbocycles. The molecule has 0 aromatic heterocycles. The average Bonchev–Trinajstić information content (AvgIpc) is 2.79. The maximum atomic E-state index is 11.9. The van der Waals surface area contributed by atoms with E-state index >= 15 is 0 Å². The third-order valence-electron chi connectivity index (χ3n) is 4.74. The fraction of sp³-hybridized carbons (Fsp3) is 0.375. The number of ether oxygens (including phenoxy) is 1. The Morgan fingerprint density at radius 3 is 2.13 bits per heavy atom. The first-order chi connectivity index (χ1) is 15.1. The van der Waals surface area contributed by atoms with Crippen molar-refractivity contribution < 1.29 is 19.1 Å². The van der Waals surface area contributed by atoms with Crippen LogP contribution in [0, 0.1) is 0 Å². The summed E-state index contributed by atoms with van der Waals surface area (Å²) in [4.78, 5) is 34.4. The lowest BCUT2D eigenvalue weighted by atomic mass is 9.98. The summed E-state index contributed by atoms with van der Waals surface area (Å²) in [6, 6.07) is 17.6. The van der Waals surface area contributed by atoms with Gasteiger partial charge < -0.3 is 20.7 Å². The van der Waals surface area contributed by atoms with E-state index in [4.69, 9.17) is 4.74 Å². The minimum atomic E-state index is -0.620. The molecule has 0 atom stereocenters. The lowest BCUT2D eigenvalue weighted by Gasteiger charge is -2.10. The number of carbonyl (C=O) groups is 3. The van der Waals surface area contributed by atoms with Crippen molar-refractivity contribution in [1.29, 1.82) is 0 Å². The molecule has 0 fully saturated rings. The third-order valence-corrected chi connectivity index (χ3v) is 4.74. The quantitative estimate of drug-likeness (QED) is 0.360. The molecule has 0 spiro atoms. The number of anilines is 1. The van der Waals surface area contributed by atoms with Gasteiger partial charge in [-0.15, -0.1) is 0 Å². The Kier molecular flexibility index (Phi) is 10.8. The molecule has 2 rings (SSSR count). The standard InChI is InChI=1S/C24H31N3O4/c1-25-23(29)24(30)26-16-8-7-12-19-10-5-6-11-20(19)13-9-17-31-18-22(28)27-21-14-3-2-4-15-21/h2-6,10-11,14-15H,7-9,12-13,16-18H2,1H3,(H,25,29)(H,26,30)(H,27,28). The van der Waals surface area contributed by atoms with Crippen molar-refractivity contribution in [2.45, 2.75) is 32.1 Å². The normalized spacial score (nSPS) is 10.4. The zero-order valence-corrected chi connectivity index (χ0v) is 18.0. The Balaban J connectivity index is 1.62. The van der Waals surface area contributed by atoms with E-state index in [0.29, 0.717) is 13.2 Å². The number of unbranched alkanes of at least 4 members (excludes halogenated alkanes) is 1. The maximum Gasteiger partial charge on any atom is 0.309 e. The van der Waals surface area contributed by atoms with E-state index in [-0.39, 0.29) is 12.5 Å². The van der Waals surface area contributed by atoms with Crippen molar-refractivity contribution in [3.05, 3.63) is 65.7 Å². The van der Waals surface area contributed by atoms with Crippen LogP contribution >= 0.6 is 0 Å². The molecule has 0 aliphatic carbocycles. The van der Waals surface area contributed by atoms with E-state index in [1.165, 1.54) is 18.2 Å². The second-order valence-electron chi connectivity index (χ2n) is 7.13. The van der Waals surface area contributed by atoms with Gasteiger partial charge in [0.05, 0.1) is 0 Å². The average molecular weight is 426 g/mol. The summed E-state index contributed by atoms with van der Waals surface area (Å²) in [5, 5.41) is 7.70. The predicted molar refractivity (Wildman–Crippen MR) is 121 cm³/mol. The van der Waals surface area contributed by atoms with Crippen molar-refractivity contribution in [2.75, 3.05) is 32.1 Å². The van der Waals surface area contributed by atoms with E-state index in [1.54, 1.807) is 0 Å². The second-order valence-corrected chi connectivity index (χ2v) is 7.13. The molecule has 0 aliphatic heterocycles. The van der Waals surface area contributed by atoms with Crippen LogP contribution in [0.5, 0.6) is 0 Å². The van der Waals surface area contributed by atoms with Gasteiger partial charge >= 0.3 is 11.8 Å². The Hall–Kier alpha value is -3.19. The number of aryl methyl sites for hydroxylation is 2. The van der Waals surface area contributed by atoms with Gasteiger partial charge in [-0.1, -0.05) is 42.5 Å². The summed E-state index contributed by atoms with van der Waals surface area (Å²) in [5.41, 5.74) is 3.31. The summed E-state index contributed by atoms with van der Waals surface area (Å²) in [7, 11) is 1.43. The van der Waals surface area contributed by atoms with Gasteiger partial charge in [0.2, 0.25) is 5.91 Å². The van der Waals surface area contributed by atoms with Crippen LogP contribution in [0.15, 0.2) is 54.6 Å². The minimum Gasteiger partial charge on any atom is -0.372 e. The van der Waals surface area contributed by atoms with Crippen LogP contribution in [0.1, 0.15) is 30.4 Å².